The molecule has 2 amide bonds. The number of benzene rings is 1. The van der Waals surface area contributed by atoms with Crippen molar-refractivity contribution in [3.63, 3.8) is 0 Å². The highest BCUT2D eigenvalue weighted by atomic mass is 16.2. The minimum atomic E-state index is -0.0330. The van der Waals surface area contributed by atoms with E-state index in [4.69, 9.17) is 0 Å². The molecule has 0 saturated heterocycles. The van der Waals surface area contributed by atoms with Crippen molar-refractivity contribution < 1.29 is 9.59 Å². The van der Waals surface area contributed by atoms with Crippen LogP contribution in [-0.4, -0.2) is 23.9 Å². The van der Waals surface area contributed by atoms with Gasteiger partial charge in [0.05, 0.1) is 0 Å². The molecule has 0 spiro atoms. The van der Waals surface area contributed by atoms with E-state index in [1.165, 1.54) is 24.8 Å². The van der Waals surface area contributed by atoms with Gasteiger partial charge in [0.25, 0.3) is 0 Å². The van der Waals surface area contributed by atoms with Gasteiger partial charge in [-0.2, -0.15) is 0 Å². The van der Waals surface area contributed by atoms with Gasteiger partial charge in [0.15, 0.2) is 0 Å². The smallest absolute Gasteiger partial charge is 0.220 e. The minimum absolute atomic E-state index is 0.00832. The summed E-state index contributed by atoms with van der Waals surface area (Å²) in [5.41, 5.74) is 1.28. The Morgan fingerprint density at radius 2 is 1.71 bits per heavy atom. The van der Waals surface area contributed by atoms with Crippen LogP contribution >= 0.6 is 0 Å². The van der Waals surface area contributed by atoms with Crippen molar-refractivity contribution in [2.45, 2.75) is 76.8 Å². The Balaban J connectivity index is 1.58. The summed E-state index contributed by atoms with van der Waals surface area (Å²) in [6.45, 7) is 2.02. The summed E-state index contributed by atoms with van der Waals surface area (Å²) in [5.74, 6) is -0.0247. The summed E-state index contributed by atoms with van der Waals surface area (Å²) in [4.78, 5) is 23.9. The second kappa shape index (κ2) is 10.1. The molecule has 1 aliphatic rings. The van der Waals surface area contributed by atoms with E-state index in [0.717, 1.165) is 25.7 Å². The lowest BCUT2D eigenvalue weighted by atomic mass is 9.95. The lowest BCUT2D eigenvalue weighted by Crippen LogP contribution is -2.37. The van der Waals surface area contributed by atoms with Gasteiger partial charge in [-0.05, 0) is 38.2 Å². The number of carbonyl (C=O) groups excluding carboxylic acids is 2. The third kappa shape index (κ3) is 7.16. The Morgan fingerprint density at radius 1 is 1.04 bits per heavy atom. The van der Waals surface area contributed by atoms with Crippen LogP contribution in [0.4, 0.5) is 0 Å². The van der Waals surface area contributed by atoms with Crippen LogP contribution in [0.3, 0.4) is 0 Å². The van der Waals surface area contributed by atoms with Crippen LogP contribution < -0.4 is 10.6 Å². The third-order valence-electron chi connectivity index (χ3n) is 4.67. The highest BCUT2D eigenvalue weighted by Crippen LogP contribution is 2.17. The number of hydrogen-bond donors (Lipinski definition) is 2. The Bertz CT molecular complexity index is 510. The van der Waals surface area contributed by atoms with Gasteiger partial charge in [0.2, 0.25) is 11.8 Å². The van der Waals surface area contributed by atoms with Crippen molar-refractivity contribution in [3.8, 4) is 0 Å². The molecule has 1 aromatic carbocycles. The Labute approximate surface area is 145 Å². The van der Waals surface area contributed by atoms with Crippen molar-refractivity contribution in [2.24, 2.45) is 0 Å². The van der Waals surface area contributed by atoms with Gasteiger partial charge in [0.1, 0.15) is 0 Å². The number of aryl methyl sites for hydroxylation is 1. The summed E-state index contributed by atoms with van der Waals surface area (Å²) in [6, 6.07) is 10.7. The van der Waals surface area contributed by atoms with Crippen molar-refractivity contribution in [3.05, 3.63) is 35.9 Å². The zero-order valence-corrected chi connectivity index (χ0v) is 14.7. The topological polar surface area (TPSA) is 58.2 Å². The Morgan fingerprint density at radius 3 is 2.42 bits per heavy atom. The molecule has 1 fully saturated rings. The Hall–Kier alpha value is -1.84. The van der Waals surface area contributed by atoms with E-state index in [-0.39, 0.29) is 30.7 Å². The molecule has 0 heterocycles. The molecule has 1 aromatic rings. The number of hydrogen-bond acceptors (Lipinski definition) is 2. The fourth-order valence-corrected chi connectivity index (χ4v) is 3.22. The van der Waals surface area contributed by atoms with E-state index in [1.54, 1.807) is 0 Å². The van der Waals surface area contributed by atoms with Crippen molar-refractivity contribution in [2.75, 3.05) is 0 Å². The van der Waals surface area contributed by atoms with Crippen LogP contribution in [0.2, 0.25) is 0 Å². The number of nitrogens with one attached hydrogen (secondary N) is 2. The minimum Gasteiger partial charge on any atom is -0.354 e. The van der Waals surface area contributed by atoms with E-state index < -0.39 is 0 Å². The van der Waals surface area contributed by atoms with Gasteiger partial charge in [-0.15, -0.1) is 0 Å². The van der Waals surface area contributed by atoms with Gasteiger partial charge in [-0.25, -0.2) is 0 Å². The zero-order chi connectivity index (χ0) is 17.2. The summed E-state index contributed by atoms with van der Waals surface area (Å²) in [5, 5.41) is 6.05. The van der Waals surface area contributed by atoms with E-state index in [2.05, 4.69) is 22.8 Å². The molecule has 0 radical (unpaired) electrons. The molecule has 4 heteroatoms. The van der Waals surface area contributed by atoms with E-state index in [1.807, 2.05) is 25.1 Å². The van der Waals surface area contributed by atoms with Crippen LogP contribution in [0.5, 0.6) is 0 Å². The monoisotopic (exact) mass is 330 g/mol. The first kappa shape index (κ1) is 18.5. The van der Waals surface area contributed by atoms with Gasteiger partial charge in [-0.3, -0.25) is 9.59 Å². The maximum Gasteiger partial charge on any atom is 0.220 e. The number of amides is 2. The summed E-state index contributed by atoms with van der Waals surface area (Å²) < 4.78 is 0. The SMILES string of the molecule is CC(CCc1ccccc1)NC(=O)CCC(=O)NC1CCCCC1. The van der Waals surface area contributed by atoms with Crippen molar-refractivity contribution >= 4 is 11.8 Å². The van der Waals surface area contributed by atoms with Crippen LogP contribution in [0.1, 0.15) is 63.9 Å². The van der Waals surface area contributed by atoms with Crippen LogP contribution in [0.15, 0.2) is 30.3 Å². The predicted octanol–water partition coefficient (Wildman–Crippen LogP) is 3.35. The molecule has 1 aliphatic carbocycles. The second-order valence-corrected chi connectivity index (χ2v) is 6.90. The lowest BCUT2D eigenvalue weighted by molar-refractivity contribution is -0.127. The number of carbonyl (C=O) groups is 2. The Kier molecular flexibility index (Phi) is 7.80. The summed E-state index contributed by atoms with van der Waals surface area (Å²) in [6.07, 6.45) is 8.24. The molecule has 0 aromatic heterocycles. The standard InChI is InChI=1S/C20H30N2O2/c1-16(12-13-17-8-4-2-5-9-17)21-19(23)14-15-20(24)22-18-10-6-3-7-11-18/h2,4-5,8-9,16,18H,3,6-7,10-15H2,1H3,(H,21,23)(H,22,24). The molecular weight excluding hydrogens is 300 g/mol. The molecular formula is C20H30N2O2. The van der Waals surface area contributed by atoms with Crippen molar-refractivity contribution in [1.29, 1.82) is 0 Å². The molecule has 2 N–H and O–H groups in total. The van der Waals surface area contributed by atoms with Crippen LogP contribution in [0.25, 0.3) is 0 Å². The summed E-state index contributed by atoms with van der Waals surface area (Å²) in [7, 11) is 0. The maximum absolute atomic E-state index is 12.0. The first-order valence-electron chi connectivity index (χ1n) is 9.26. The normalized spacial score (nSPS) is 16.4. The fraction of sp³-hybridized carbons (Fsp3) is 0.600. The molecule has 132 valence electrons. The van der Waals surface area contributed by atoms with Crippen molar-refractivity contribution in [1.82, 2.24) is 10.6 Å². The predicted molar refractivity (Wildman–Crippen MR) is 96.6 cm³/mol. The summed E-state index contributed by atoms with van der Waals surface area (Å²) >= 11 is 0. The average Bonchev–Trinajstić information content (AvgIpc) is 2.60. The largest absolute Gasteiger partial charge is 0.354 e. The average molecular weight is 330 g/mol. The van der Waals surface area contributed by atoms with E-state index in [0.29, 0.717) is 6.04 Å². The molecule has 1 unspecified atom stereocenters. The number of rotatable bonds is 8. The highest BCUT2D eigenvalue weighted by Gasteiger charge is 2.16. The molecule has 4 nitrogen and oxygen atoms in total. The van der Waals surface area contributed by atoms with E-state index in [9.17, 15) is 9.59 Å². The maximum atomic E-state index is 12.0. The molecule has 2 rings (SSSR count). The molecule has 1 atom stereocenters. The van der Waals surface area contributed by atoms with Crippen LogP contribution in [0, 0.1) is 0 Å². The van der Waals surface area contributed by atoms with E-state index >= 15 is 0 Å². The van der Waals surface area contributed by atoms with Gasteiger partial charge in [0, 0.05) is 24.9 Å². The first-order valence-corrected chi connectivity index (χ1v) is 9.26. The molecule has 0 aliphatic heterocycles. The van der Waals surface area contributed by atoms with Crippen LogP contribution in [-0.2, 0) is 16.0 Å². The quantitative estimate of drug-likeness (QED) is 0.768. The molecule has 0 bridgehead atoms. The lowest BCUT2D eigenvalue weighted by Gasteiger charge is -2.22. The zero-order valence-electron chi connectivity index (χ0n) is 14.7. The van der Waals surface area contributed by atoms with Gasteiger partial charge in [-0.1, -0.05) is 49.6 Å². The molecule has 1 saturated carbocycles. The van der Waals surface area contributed by atoms with Gasteiger partial charge < -0.3 is 10.6 Å². The first-order chi connectivity index (χ1) is 11.6. The van der Waals surface area contributed by atoms with Gasteiger partial charge >= 0.3 is 0 Å². The highest BCUT2D eigenvalue weighted by molar-refractivity contribution is 5.83. The third-order valence-corrected chi connectivity index (χ3v) is 4.67. The molecule has 24 heavy (non-hydrogen) atoms. The second-order valence-electron chi connectivity index (χ2n) is 6.90. The fourth-order valence-electron chi connectivity index (χ4n) is 3.22.